The lowest BCUT2D eigenvalue weighted by Gasteiger charge is -2.24. The number of benzene rings is 1. The second kappa shape index (κ2) is 7.13. The maximum absolute atomic E-state index is 12.7. The molecular formula is C15H20F3NO2. The molecule has 1 saturated heterocycles. The Hall–Kier alpha value is -1.27. The number of rotatable bonds is 6. The fourth-order valence-electron chi connectivity index (χ4n) is 2.42. The van der Waals surface area contributed by atoms with Crippen LogP contribution >= 0.6 is 0 Å². The lowest BCUT2D eigenvalue weighted by Crippen LogP contribution is -2.33. The predicted molar refractivity (Wildman–Crippen MR) is 73.3 cm³/mol. The molecule has 0 saturated carbocycles. The van der Waals surface area contributed by atoms with E-state index in [-0.39, 0.29) is 17.8 Å². The van der Waals surface area contributed by atoms with E-state index >= 15 is 0 Å². The topological polar surface area (TPSA) is 30.5 Å². The lowest BCUT2D eigenvalue weighted by atomic mass is 10.0. The molecule has 6 heteroatoms. The van der Waals surface area contributed by atoms with Crippen LogP contribution < -0.4 is 10.1 Å². The van der Waals surface area contributed by atoms with Crippen LogP contribution in [-0.4, -0.2) is 32.4 Å². The van der Waals surface area contributed by atoms with Gasteiger partial charge in [-0.2, -0.15) is 13.2 Å². The lowest BCUT2D eigenvalue weighted by molar-refractivity contribution is -0.137. The summed E-state index contributed by atoms with van der Waals surface area (Å²) in [7, 11) is 0. The zero-order chi connectivity index (χ0) is 15.3. The van der Waals surface area contributed by atoms with Crippen LogP contribution in [0.1, 0.15) is 18.9 Å². The minimum atomic E-state index is -4.36. The highest BCUT2D eigenvalue weighted by Gasteiger charge is 2.31. The maximum Gasteiger partial charge on any atom is 0.416 e. The van der Waals surface area contributed by atoms with Crippen LogP contribution in [0.2, 0.25) is 0 Å². The van der Waals surface area contributed by atoms with Gasteiger partial charge in [0.15, 0.2) is 0 Å². The molecule has 0 spiro atoms. The molecule has 1 aliphatic rings. The van der Waals surface area contributed by atoms with Crippen LogP contribution in [0.25, 0.3) is 0 Å². The monoisotopic (exact) mass is 303 g/mol. The number of nitrogens with one attached hydrogen (secondary N) is 1. The van der Waals surface area contributed by atoms with Gasteiger partial charge >= 0.3 is 6.18 Å². The Bertz CT molecular complexity index is 445. The van der Waals surface area contributed by atoms with Gasteiger partial charge in [-0.15, -0.1) is 0 Å². The highest BCUT2D eigenvalue weighted by Crippen LogP contribution is 2.32. The highest BCUT2D eigenvalue weighted by atomic mass is 19.4. The molecule has 0 bridgehead atoms. The summed E-state index contributed by atoms with van der Waals surface area (Å²) in [6, 6.07) is 5.00. The fourth-order valence-corrected chi connectivity index (χ4v) is 2.42. The van der Waals surface area contributed by atoms with Gasteiger partial charge < -0.3 is 14.8 Å². The van der Waals surface area contributed by atoms with Crippen molar-refractivity contribution in [2.24, 2.45) is 5.92 Å². The number of alkyl halides is 3. The van der Waals surface area contributed by atoms with E-state index in [1.165, 1.54) is 6.07 Å². The minimum Gasteiger partial charge on any atom is -0.488 e. The number of hydrogen-bond donors (Lipinski definition) is 1. The average Bonchev–Trinajstić information content (AvgIpc) is 2.97. The molecule has 0 aromatic heterocycles. The third-order valence-corrected chi connectivity index (χ3v) is 3.56. The summed E-state index contributed by atoms with van der Waals surface area (Å²) in [5, 5.41) is 3.24. The van der Waals surface area contributed by atoms with Gasteiger partial charge in [0.2, 0.25) is 0 Å². The van der Waals surface area contributed by atoms with Crippen LogP contribution in [0.5, 0.6) is 5.75 Å². The summed E-state index contributed by atoms with van der Waals surface area (Å²) in [6.45, 7) is 4.53. The molecule has 0 radical (unpaired) electrons. The Labute approximate surface area is 122 Å². The van der Waals surface area contributed by atoms with Crippen molar-refractivity contribution < 1.29 is 22.6 Å². The zero-order valence-electron chi connectivity index (χ0n) is 12.0. The molecule has 1 aromatic carbocycles. The maximum atomic E-state index is 12.7. The van der Waals surface area contributed by atoms with E-state index in [1.54, 1.807) is 6.07 Å². The van der Waals surface area contributed by atoms with Crippen molar-refractivity contribution in [2.45, 2.75) is 25.6 Å². The number of ether oxygens (including phenoxy) is 2. The normalized spacial score (nSPS) is 20.5. The largest absolute Gasteiger partial charge is 0.488 e. The quantitative estimate of drug-likeness (QED) is 0.876. The van der Waals surface area contributed by atoms with Crippen molar-refractivity contribution in [3.8, 4) is 5.75 Å². The van der Waals surface area contributed by atoms with E-state index in [9.17, 15) is 13.2 Å². The molecular weight excluding hydrogens is 283 g/mol. The molecule has 21 heavy (non-hydrogen) atoms. The first-order chi connectivity index (χ1) is 10.0. The van der Waals surface area contributed by atoms with E-state index < -0.39 is 11.7 Å². The molecule has 3 nitrogen and oxygen atoms in total. The molecule has 2 rings (SSSR count). The van der Waals surface area contributed by atoms with Gasteiger partial charge in [-0.3, -0.25) is 0 Å². The Balaban J connectivity index is 2.08. The Morgan fingerprint density at radius 1 is 1.38 bits per heavy atom. The van der Waals surface area contributed by atoms with E-state index in [0.717, 1.165) is 31.6 Å². The molecule has 1 heterocycles. The van der Waals surface area contributed by atoms with Crippen molar-refractivity contribution in [2.75, 3.05) is 26.3 Å². The summed E-state index contributed by atoms with van der Waals surface area (Å²) >= 11 is 0. The van der Waals surface area contributed by atoms with E-state index in [1.807, 2.05) is 6.92 Å². The van der Waals surface area contributed by atoms with Crippen LogP contribution in [0, 0.1) is 5.92 Å². The fraction of sp³-hybridized carbons (Fsp3) is 0.600. The molecule has 1 fully saturated rings. The Morgan fingerprint density at radius 2 is 2.19 bits per heavy atom. The van der Waals surface area contributed by atoms with Crippen molar-refractivity contribution in [1.29, 1.82) is 0 Å². The third kappa shape index (κ3) is 4.61. The first kappa shape index (κ1) is 16.1. The number of halogens is 3. The molecule has 0 aliphatic carbocycles. The zero-order valence-corrected chi connectivity index (χ0v) is 12.0. The molecule has 0 amide bonds. The standard InChI is InChI=1S/C15H20F3NO2/c1-2-20-10-14(11-6-7-19-9-11)21-13-5-3-4-12(8-13)15(16,17)18/h3-5,8,11,14,19H,2,6-7,9-10H2,1H3/t11-,14-/m0/s1. The number of hydrogen-bond acceptors (Lipinski definition) is 3. The average molecular weight is 303 g/mol. The summed E-state index contributed by atoms with van der Waals surface area (Å²) in [5.74, 6) is 0.493. The molecule has 118 valence electrons. The second-order valence-electron chi connectivity index (χ2n) is 5.09. The Morgan fingerprint density at radius 3 is 2.81 bits per heavy atom. The third-order valence-electron chi connectivity index (χ3n) is 3.56. The first-order valence-electron chi connectivity index (χ1n) is 7.13. The summed E-state index contributed by atoms with van der Waals surface area (Å²) in [4.78, 5) is 0. The van der Waals surface area contributed by atoms with Gasteiger partial charge in [-0.05, 0) is 38.1 Å². The van der Waals surface area contributed by atoms with Crippen molar-refractivity contribution in [3.05, 3.63) is 29.8 Å². The molecule has 1 N–H and O–H groups in total. The van der Waals surface area contributed by atoms with Crippen LogP contribution in [0.15, 0.2) is 24.3 Å². The second-order valence-corrected chi connectivity index (χ2v) is 5.09. The summed E-state index contributed by atoms with van der Waals surface area (Å²) < 4.78 is 49.3. The SMILES string of the molecule is CCOC[C@H](Oc1cccc(C(F)(F)F)c1)[C@H]1CCNC1. The highest BCUT2D eigenvalue weighted by molar-refractivity contribution is 5.30. The van der Waals surface area contributed by atoms with E-state index in [2.05, 4.69) is 5.32 Å². The van der Waals surface area contributed by atoms with Gasteiger partial charge in [0.25, 0.3) is 0 Å². The Kier molecular flexibility index (Phi) is 5.47. The van der Waals surface area contributed by atoms with Gasteiger partial charge in [0.05, 0.1) is 12.2 Å². The van der Waals surface area contributed by atoms with Crippen molar-refractivity contribution in [1.82, 2.24) is 5.32 Å². The minimum absolute atomic E-state index is 0.233. The smallest absolute Gasteiger partial charge is 0.416 e. The summed E-state index contributed by atoms with van der Waals surface area (Å²) in [6.07, 6.45) is -3.65. The van der Waals surface area contributed by atoms with Gasteiger partial charge in [0.1, 0.15) is 11.9 Å². The molecule has 1 aromatic rings. The molecule has 0 unspecified atom stereocenters. The van der Waals surface area contributed by atoms with Crippen LogP contribution in [-0.2, 0) is 10.9 Å². The predicted octanol–water partition coefficient (Wildman–Crippen LogP) is 3.10. The van der Waals surface area contributed by atoms with Gasteiger partial charge in [-0.25, -0.2) is 0 Å². The van der Waals surface area contributed by atoms with E-state index in [4.69, 9.17) is 9.47 Å². The van der Waals surface area contributed by atoms with Crippen LogP contribution in [0.4, 0.5) is 13.2 Å². The molecule has 2 atom stereocenters. The van der Waals surface area contributed by atoms with E-state index in [0.29, 0.717) is 13.2 Å². The first-order valence-corrected chi connectivity index (χ1v) is 7.13. The van der Waals surface area contributed by atoms with Crippen molar-refractivity contribution in [3.63, 3.8) is 0 Å². The summed E-state index contributed by atoms with van der Waals surface area (Å²) in [5.41, 5.74) is -0.695. The molecule has 1 aliphatic heterocycles. The van der Waals surface area contributed by atoms with Crippen LogP contribution in [0.3, 0.4) is 0 Å². The van der Waals surface area contributed by atoms with Crippen molar-refractivity contribution >= 4 is 0 Å². The van der Waals surface area contributed by atoms with Gasteiger partial charge in [0, 0.05) is 19.1 Å². The van der Waals surface area contributed by atoms with Gasteiger partial charge in [-0.1, -0.05) is 6.07 Å².